The summed E-state index contributed by atoms with van der Waals surface area (Å²) in [5.41, 5.74) is 5.07. The molecule has 0 radical (unpaired) electrons. The number of amides is 1. The quantitative estimate of drug-likeness (QED) is 0.643. The summed E-state index contributed by atoms with van der Waals surface area (Å²) in [4.78, 5) is 22.5. The summed E-state index contributed by atoms with van der Waals surface area (Å²) in [6.45, 7) is 1.84. The Balaban J connectivity index is 2.64. The smallest absolute Gasteiger partial charge is 0.305 e. The Morgan fingerprint density at radius 3 is 2.44 bits per heavy atom. The molecule has 0 aliphatic heterocycles. The number of nitrogens with two attached hydrogens (primary N) is 1. The molecule has 1 amide bonds. The molecule has 16 heavy (non-hydrogen) atoms. The summed E-state index contributed by atoms with van der Waals surface area (Å²) >= 11 is 0. The van der Waals surface area contributed by atoms with Crippen LogP contribution in [-0.2, 0) is 9.59 Å². The minimum absolute atomic E-state index is 0.00479. The first-order chi connectivity index (χ1) is 7.49. The minimum Gasteiger partial charge on any atom is -0.481 e. The molecule has 4 N–H and O–H groups in total. The molecule has 0 saturated heterocycles. The van der Waals surface area contributed by atoms with Gasteiger partial charge in [0.05, 0.1) is 18.0 Å². The van der Waals surface area contributed by atoms with Crippen LogP contribution in [0.4, 0.5) is 0 Å². The highest BCUT2D eigenvalue weighted by Gasteiger charge is 2.38. The maximum Gasteiger partial charge on any atom is 0.305 e. The van der Waals surface area contributed by atoms with Crippen LogP contribution in [0, 0.1) is 0 Å². The van der Waals surface area contributed by atoms with E-state index in [0.29, 0.717) is 6.42 Å². The molecule has 1 saturated carbocycles. The van der Waals surface area contributed by atoms with Crippen LogP contribution in [0.25, 0.3) is 0 Å². The lowest BCUT2D eigenvalue weighted by atomic mass is 9.92. The number of carbonyl (C=O) groups excluding carboxylic acids is 1. The van der Waals surface area contributed by atoms with Crippen molar-refractivity contribution in [3.8, 4) is 0 Å². The molecule has 0 spiro atoms. The Morgan fingerprint density at radius 2 is 2.00 bits per heavy atom. The average Bonchev–Trinajstić information content (AvgIpc) is 2.63. The van der Waals surface area contributed by atoms with Crippen LogP contribution < -0.4 is 11.1 Å². The topological polar surface area (TPSA) is 92.4 Å². The Morgan fingerprint density at radius 1 is 1.44 bits per heavy atom. The van der Waals surface area contributed by atoms with E-state index in [1.54, 1.807) is 0 Å². The van der Waals surface area contributed by atoms with E-state index in [2.05, 4.69) is 5.32 Å². The van der Waals surface area contributed by atoms with Crippen LogP contribution in [-0.4, -0.2) is 28.6 Å². The van der Waals surface area contributed by atoms with Gasteiger partial charge in [-0.1, -0.05) is 19.8 Å². The molecule has 1 aliphatic rings. The highest BCUT2D eigenvalue weighted by molar-refractivity contribution is 5.83. The molecule has 92 valence electrons. The van der Waals surface area contributed by atoms with Crippen LogP contribution >= 0.6 is 0 Å². The summed E-state index contributed by atoms with van der Waals surface area (Å²) in [5, 5.41) is 11.7. The van der Waals surface area contributed by atoms with Gasteiger partial charge in [-0.05, 0) is 19.3 Å². The van der Waals surface area contributed by atoms with Crippen LogP contribution in [0.2, 0.25) is 0 Å². The van der Waals surface area contributed by atoms with Crippen molar-refractivity contribution in [1.29, 1.82) is 0 Å². The largest absolute Gasteiger partial charge is 0.481 e. The first-order valence-corrected chi connectivity index (χ1v) is 5.78. The van der Waals surface area contributed by atoms with Crippen molar-refractivity contribution in [2.24, 2.45) is 5.73 Å². The van der Waals surface area contributed by atoms with Crippen LogP contribution in [0.3, 0.4) is 0 Å². The number of rotatable bonds is 5. The van der Waals surface area contributed by atoms with E-state index in [0.717, 1.165) is 25.7 Å². The third-order valence-electron chi connectivity index (χ3n) is 3.22. The fourth-order valence-electron chi connectivity index (χ4n) is 2.23. The third kappa shape index (κ3) is 3.20. The number of hydrogen-bond donors (Lipinski definition) is 3. The zero-order chi connectivity index (χ0) is 12.2. The van der Waals surface area contributed by atoms with Crippen molar-refractivity contribution >= 4 is 11.9 Å². The predicted octanol–water partition coefficient (Wildman–Crippen LogP) is 0.627. The highest BCUT2D eigenvalue weighted by atomic mass is 16.4. The lowest BCUT2D eigenvalue weighted by Crippen LogP contribution is -2.53. The van der Waals surface area contributed by atoms with Gasteiger partial charge in [0.2, 0.25) is 5.91 Å². The van der Waals surface area contributed by atoms with Gasteiger partial charge in [-0.2, -0.15) is 0 Å². The molecule has 1 aliphatic carbocycles. The first kappa shape index (κ1) is 13.0. The molecule has 5 nitrogen and oxygen atoms in total. The maximum absolute atomic E-state index is 11.7. The molecule has 0 aromatic rings. The Hall–Kier alpha value is -1.10. The average molecular weight is 228 g/mol. The molecule has 1 fully saturated rings. The maximum atomic E-state index is 11.7. The van der Waals surface area contributed by atoms with Gasteiger partial charge in [0.15, 0.2) is 0 Å². The second kappa shape index (κ2) is 5.30. The molecule has 1 rings (SSSR count). The number of carboxylic acid groups (broad SMARTS) is 1. The van der Waals surface area contributed by atoms with Crippen molar-refractivity contribution < 1.29 is 14.7 Å². The van der Waals surface area contributed by atoms with Gasteiger partial charge in [0, 0.05) is 0 Å². The number of nitrogens with one attached hydrogen (secondary N) is 1. The van der Waals surface area contributed by atoms with E-state index < -0.39 is 17.6 Å². The Labute approximate surface area is 95.4 Å². The molecular weight excluding hydrogens is 208 g/mol. The zero-order valence-corrected chi connectivity index (χ0v) is 9.66. The Kier molecular flexibility index (Phi) is 4.29. The van der Waals surface area contributed by atoms with E-state index in [4.69, 9.17) is 10.8 Å². The summed E-state index contributed by atoms with van der Waals surface area (Å²) in [5.74, 6) is -1.10. The summed E-state index contributed by atoms with van der Waals surface area (Å²) in [7, 11) is 0. The molecule has 0 aromatic heterocycles. The molecular formula is C11H20N2O3. The second-order valence-electron chi connectivity index (χ2n) is 4.56. The SMILES string of the molecule is CC[C@@H](N)C(=O)NC1(CC(=O)O)CCCC1. The van der Waals surface area contributed by atoms with Gasteiger partial charge < -0.3 is 16.2 Å². The van der Waals surface area contributed by atoms with Gasteiger partial charge in [0.25, 0.3) is 0 Å². The fourth-order valence-corrected chi connectivity index (χ4v) is 2.23. The number of aliphatic carboxylic acids is 1. The van der Waals surface area contributed by atoms with Gasteiger partial charge in [-0.25, -0.2) is 0 Å². The fraction of sp³-hybridized carbons (Fsp3) is 0.818. The van der Waals surface area contributed by atoms with Gasteiger partial charge >= 0.3 is 5.97 Å². The van der Waals surface area contributed by atoms with Crippen molar-refractivity contribution in [3.63, 3.8) is 0 Å². The zero-order valence-electron chi connectivity index (χ0n) is 9.66. The molecule has 0 aromatic carbocycles. The van der Waals surface area contributed by atoms with Crippen molar-refractivity contribution in [2.45, 2.75) is 57.0 Å². The lowest BCUT2D eigenvalue weighted by molar-refractivity contribution is -0.139. The van der Waals surface area contributed by atoms with Gasteiger partial charge in [-0.15, -0.1) is 0 Å². The summed E-state index contributed by atoms with van der Waals surface area (Å²) in [6.07, 6.45) is 3.97. The number of carboxylic acids is 1. The molecule has 1 atom stereocenters. The van der Waals surface area contributed by atoms with Gasteiger partial charge in [-0.3, -0.25) is 9.59 Å². The van der Waals surface area contributed by atoms with Crippen LogP contribution in [0.5, 0.6) is 0 Å². The van der Waals surface area contributed by atoms with E-state index in [1.807, 2.05) is 6.92 Å². The normalized spacial score (nSPS) is 20.4. The van der Waals surface area contributed by atoms with E-state index in [9.17, 15) is 9.59 Å². The van der Waals surface area contributed by atoms with E-state index in [1.165, 1.54) is 0 Å². The third-order valence-corrected chi connectivity index (χ3v) is 3.22. The molecule has 5 heteroatoms. The molecule has 0 heterocycles. The lowest BCUT2D eigenvalue weighted by Gasteiger charge is -2.29. The summed E-state index contributed by atoms with van der Waals surface area (Å²) in [6, 6.07) is -0.536. The molecule has 0 bridgehead atoms. The predicted molar refractivity (Wildman–Crippen MR) is 59.9 cm³/mol. The first-order valence-electron chi connectivity index (χ1n) is 5.78. The molecule has 0 unspecified atom stereocenters. The standard InChI is InChI=1S/C11H20N2O3/c1-2-8(12)10(16)13-11(7-9(14)15)5-3-4-6-11/h8H,2-7,12H2,1H3,(H,13,16)(H,14,15)/t8-/m1/s1. The number of hydrogen-bond acceptors (Lipinski definition) is 3. The van der Waals surface area contributed by atoms with Crippen molar-refractivity contribution in [1.82, 2.24) is 5.32 Å². The van der Waals surface area contributed by atoms with Gasteiger partial charge in [0.1, 0.15) is 0 Å². The van der Waals surface area contributed by atoms with E-state index >= 15 is 0 Å². The Bertz CT molecular complexity index is 272. The van der Waals surface area contributed by atoms with Crippen LogP contribution in [0.15, 0.2) is 0 Å². The highest BCUT2D eigenvalue weighted by Crippen LogP contribution is 2.32. The van der Waals surface area contributed by atoms with E-state index in [-0.39, 0.29) is 12.3 Å². The summed E-state index contributed by atoms with van der Waals surface area (Å²) < 4.78 is 0. The van der Waals surface area contributed by atoms with Crippen molar-refractivity contribution in [3.05, 3.63) is 0 Å². The minimum atomic E-state index is -0.868. The monoisotopic (exact) mass is 228 g/mol. The number of carbonyl (C=O) groups is 2. The van der Waals surface area contributed by atoms with Crippen molar-refractivity contribution in [2.75, 3.05) is 0 Å². The van der Waals surface area contributed by atoms with Crippen LogP contribution in [0.1, 0.15) is 45.4 Å². The second-order valence-corrected chi connectivity index (χ2v) is 4.56.